The summed E-state index contributed by atoms with van der Waals surface area (Å²) in [7, 11) is 0. The number of rotatable bonds is 4. The third-order valence-corrected chi connectivity index (χ3v) is 3.36. The Bertz CT molecular complexity index is 367. The number of furan rings is 1. The van der Waals surface area contributed by atoms with Gasteiger partial charge in [-0.15, -0.1) is 0 Å². The van der Waals surface area contributed by atoms with Gasteiger partial charge in [0.15, 0.2) is 5.76 Å². The van der Waals surface area contributed by atoms with E-state index < -0.39 is 0 Å². The Labute approximate surface area is 102 Å². The first kappa shape index (κ1) is 12.2. The first-order chi connectivity index (χ1) is 8.29. The van der Waals surface area contributed by atoms with Crippen LogP contribution in [0, 0.1) is 5.92 Å². The molecule has 94 valence electrons. The highest BCUT2D eigenvalue weighted by Gasteiger charge is 2.16. The van der Waals surface area contributed by atoms with Crippen LogP contribution in [0.4, 0.5) is 0 Å². The number of nitrogens with two attached hydrogens (primary N) is 1. The minimum atomic E-state index is -0.129. The van der Waals surface area contributed by atoms with Gasteiger partial charge in [-0.05, 0) is 30.9 Å². The number of carbonyl (C=O) groups excluding carboxylic acids is 1. The van der Waals surface area contributed by atoms with Crippen molar-refractivity contribution < 1.29 is 9.21 Å². The molecule has 1 aromatic rings. The fraction of sp³-hybridized carbons (Fsp3) is 0.615. The zero-order valence-electron chi connectivity index (χ0n) is 10.1. The molecule has 1 amide bonds. The van der Waals surface area contributed by atoms with E-state index in [0.29, 0.717) is 24.0 Å². The van der Waals surface area contributed by atoms with E-state index in [0.717, 1.165) is 6.54 Å². The molecule has 1 saturated carbocycles. The zero-order valence-corrected chi connectivity index (χ0v) is 10.1. The molecule has 4 heteroatoms. The number of carbonyl (C=O) groups is 1. The molecule has 4 nitrogen and oxygen atoms in total. The van der Waals surface area contributed by atoms with E-state index in [4.69, 9.17) is 10.2 Å². The third kappa shape index (κ3) is 3.33. The molecular weight excluding hydrogens is 216 g/mol. The van der Waals surface area contributed by atoms with E-state index in [1.807, 2.05) is 0 Å². The van der Waals surface area contributed by atoms with Crippen molar-refractivity contribution in [2.24, 2.45) is 11.7 Å². The van der Waals surface area contributed by atoms with Gasteiger partial charge in [-0.25, -0.2) is 0 Å². The van der Waals surface area contributed by atoms with E-state index in [9.17, 15) is 4.79 Å². The highest BCUT2D eigenvalue weighted by molar-refractivity contribution is 5.91. The van der Waals surface area contributed by atoms with E-state index in [1.54, 1.807) is 12.1 Å². The summed E-state index contributed by atoms with van der Waals surface area (Å²) < 4.78 is 5.30. The third-order valence-electron chi connectivity index (χ3n) is 3.36. The Morgan fingerprint density at radius 2 is 2.12 bits per heavy atom. The van der Waals surface area contributed by atoms with Crippen molar-refractivity contribution in [3.8, 4) is 0 Å². The van der Waals surface area contributed by atoms with Gasteiger partial charge in [-0.2, -0.15) is 0 Å². The maximum Gasteiger partial charge on any atom is 0.287 e. The Kier molecular flexibility index (Phi) is 4.20. The molecule has 1 fully saturated rings. The summed E-state index contributed by atoms with van der Waals surface area (Å²) in [6.07, 6.45) is 6.37. The van der Waals surface area contributed by atoms with Gasteiger partial charge in [-0.3, -0.25) is 4.79 Å². The first-order valence-corrected chi connectivity index (χ1v) is 6.36. The molecule has 1 aliphatic rings. The first-order valence-electron chi connectivity index (χ1n) is 6.36. The van der Waals surface area contributed by atoms with Crippen LogP contribution >= 0.6 is 0 Å². The molecule has 0 spiro atoms. The second-order valence-electron chi connectivity index (χ2n) is 4.68. The highest BCUT2D eigenvalue weighted by atomic mass is 16.4. The zero-order chi connectivity index (χ0) is 12.1. The van der Waals surface area contributed by atoms with Crippen molar-refractivity contribution in [3.63, 3.8) is 0 Å². The lowest BCUT2D eigenvalue weighted by Crippen LogP contribution is -2.29. The predicted octanol–water partition coefficient (Wildman–Crippen LogP) is 2.05. The summed E-state index contributed by atoms with van der Waals surface area (Å²) >= 11 is 0. The quantitative estimate of drug-likeness (QED) is 0.840. The largest absolute Gasteiger partial charge is 0.455 e. The number of hydrogen-bond donors (Lipinski definition) is 2. The van der Waals surface area contributed by atoms with E-state index in [1.165, 1.54) is 32.1 Å². The van der Waals surface area contributed by atoms with Crippen molar-refractivity contribution in [1.29, 1.82) is 0 Å². The van der Waals surface area contributed by atoms with Crippen LogP contribution in [0.15, 0.2) is 16.5 Å². The van der Waals surface area contributed by atoms with Crippen molar-refractivity contribution >= 4 is 5.91 Å². The molecule has 0 aliphatic heterocycles. The molecule has 17 heavy (non-hydrogen) atoms. The highest BCUT2D eigenvalue weighted by Crippen LogP contribution is 2.22. The van der Waals surface area contributed by atoms with Gasteiger partial charge in [0.2, 0.25) is 0 Å². The lowest BCUT2D eigenvalue weighted by molar-refractivity contribution is 0.0914. The Morgan fingerprint density at radius 1 is 1.35 bits per heavy atom. The van der Waals surface area contributed by atoms with Gasteiger partial charge in [0.25, 0.3) is 5.91 Å². The fourth-order valence-corrected chi connectivity index (χ4v) is 2.33. The topological polar surface area (TPSA) is 68.3 Å². The van der Waals surface area contributed by atoms with Gasteiger partial charge in [0, 0.05) is 6.54 Å². The number of nitrogens with one attached hydrogen (secondary N) is 1. The summed E-state index contributed by atoms with van der Waals surface area (Å²) in [5.74, 6) is 1.51. The average Bonchev–Trinajstić information content (AvgIpc) is 2.86. The Morgan fingerprint density at radius 3 is 2.76 bits per heavy atom. The van der Waals surface area contributed by atoms with Crippen LogP contribution < -0.4 is 11.1 Å². The molecule has 0 saturated heterocycles. The van der Waals surface area contributed by atoms with E-state index >= 15 is 0 Å². The van der Waals surface area contributed by atoms with Crippen molar-refractivity contribution in [2.45, 2.75) is 38.6 Å². The number of hydrogen-bond acceptors (Lipinski definition) is 3. The van der Waals surface area contributed by atoms with Gasteiger partial charge in [0.05, 0.1) is 6.54 Å². The molecule has 0 unspecified atom stereocenters. The fourth-order valence-electron chi connectivity index (χ4n) is 2.33. The van der Waals surface area contributed by atoms with E-state index in [-0.39, 0.29) is 5.91 Å². The monoisotopic (exact) mass is 236 g/mol. The van der Waals surface area contributed by atoms with Gasteiger partial charge in [-0.1, -0.05) is 19.3 Å². The Hall–Kier alpha value is -1.29. The second kappa shape index (κ2) is 5.87. The molecule has 3 N–H and O–H groups in total. The van der Waals surface area contributed by atoms with Crippen LogP contribution in [0.25, 0.3) is 0 Å². The van der Waals surface area contributed by atoms with Crippen molar-refractivity contribution in [2.75, 3.05) is 6.54 Å². The summed E-state index contributed by atoms with van der Waals surface area (Å²) in [6, 6.07) is 3.42. The lowest BCUT2D eigenvalue weighted by atomic mass is 9.89. The molecule has 1 heterocycles. The van der Waals surface area contributed by atoms with Crippen LogP contribution in [-0.4, -0.2) is 12.5 Å². The van der Waals surface area contributed by atoms with Crippen LogP contribution in [0.3, 0.4) is 0 Å². The van der Waals surface area contributed by atoms with Crippen LogP contribution in [0.5, 0.6) is 0 Å². The summed E-state index contributed by atoms with van der Waals surface area (Å²) in [5, 5.41) is 2.93. The number of amides is 1. The molecule has 0 atom stereocenters. The minimum Gasteiger partial charge on any atom is -0.455 e. The SMILES string of the molecule is NCc1ccc(C(=O)NCC2CCCCC2)o1. The van der Waals surface area contributed by atoms with Crippen molar-refractivity contribution in [1.82, 2.24) is 5.32 Å². The van der Waals surface area contributed by atoms with Gasteiger partial charge in [0.1, 0.15) is 5.76 Å². The minimum absolute atomic E-state index is 0.129. The smallest absolute Gasteiger partial charge is 0.287 e. The van der Waals surface area contributed by atoms with Gasteiger partial charge < -0.3 is 15.5 Å². The maximum absolute atomic E-state index is 11.8. The van der Waals surface area contributed by atoms with Crippen molar-refractivity contribution in [3.05, 3.63) is 23.7 Å². The second-order valence-corrected chi connectivity index (χ2v) is 4.68. The average molecular weight is 236 g/mol. The van der Waals surface area contributed by atoms with E-state index in [2.05, 4.69) is 5.32 Å². The Balaban J connectivity index is 1.80. The van der Waals surface area contributed by atoms with Crippen LogP contribution in [-0.2, 0) is 6.54 Å². The standard InChI is InChI=1S/C13H20N2O2/c14-8-11-6-7-12(17-11)13(16)15-9-10-4-2-1-3-5-10/h6-7,10H,1-5,8-9,14H2,(H,15,16). The summed E-state index contributed by atoms with van der Waals surface area (Å²) in [5.41, 5.74) is 5.43. The van der Waals surface area contributed by atoms with Gasteiger partial charge >= 0.3 is 0 Å². The molecule has 0 radical (unpaired) electrons. The molecule has 1 aromatic heterocycles. The molecule has 1 aliphatic carbocycles. The van der Waals surface area contributed by atoms with Crippen LogP contribution in [0.1, 0.15) is 48.4 Å². The molecular formula is C13H20N2O2. The maximum atomic E-state index is 11.8. The molecule has 2 rings (SSSR count). The summed E-state index contributed by atoms with van der Waals surface area (Å²) in [6.45, 7) is 1.09. The predicted molar refractivity (Wildman–Crippen MR) is 65.5 cm³/mol. The normalized spacial score (nSPS) is 17.0. The van der Waals surface area contributed by atoms with Crippen LogP contribution in [0.2, 0.25) is 0 Å². The lowest BCUT2D eigenvalue weighted by Gasteiger charge is -2.21. The molecule has 0 aromatic carbocycles. The molecule has 0 bridgehead atoms. The summed E-state index contributed by atoms with van der Waals surface area (Å²) in [4.78, 5) is 11.8.